The Hall–Kier alpha value is -1.46. The molecule has 6 heteroatoms. The second-order valence-electron chi connectivity index (χ2n) is 4.16. The van der Waals surface area contributed by atoms with Crippen LogP contribution in [0.5, 0.6) is 5.75 Å². The van der Waals surface area contributed by atoms with E-state index in [1.54, 1.807) is 6.08 Å². The highest BCUT2D eigenvalue weighted by Gasteiger charge is 2.26. The first-order valence-corrected chi connectivity index (χ1v) is 6.61. The lowest BCUT2D eigenvalue weighted by Gasteiger charge is -2.21. The Morgan fingerprint density at radius 1 is 1.58 bits per heavy atom. The lowest BCUT2D eigenvalue weighted by Crippen LogP contribution is -2.36. The van der Waals surface area contributed by atoms with E-state index in [-0.39, 0.29) is 6.17 Å². The second-order valence-corrected chi connectivity index (χ2v) is 4.94. The van der Waals surface area contributed by atoms with Gasteiger partial charge in [-0.15, -0.1) is 11.7 Å². The van der Waals surface area contributed by atoms with E-state index < -0.39 is 0 Å². The van der Waals surface area contributed by atoms with Gasteiger partial charge in [0.05, 0.1) is 5.02 Å². The van der Waals surface area contributed by atoms with Gasteiger partial charge >= 0.3 is 0 Å². The Morgan fingerprint density at radius 2 is 2.37 bits per heavy atom. The van der Waals surface area contributed by atoms with Crippen LogP contribution < -0.4 is 4.74 Å². The fourth-order valence-electron chi connectivity index (χ4n) is 1.71. The molecule has 0 saturated carbocycles. The van der Waals surface area contributed by atoms with Crippen molar-refractivity contribution in [1.82, 2.24) is 4.90 Å². The normalized spacial score (nSPS) is 17.9. The van der Waals surface area contributed by atoms with Crippen LogP contribution in [0.25, 0.3) is 0 Å². The topological polar surface area (TPSA) is 37.2 Å². The molecular formula is C13H14ClN3OS. The summed E-state index contributed by atoms with van der Waals surface area (Å²) in [4.78, 5) is 1.85. The minimum atomic E-state index is -0.220. The number of nitrogens with zero attached hydrogens (tertiary/aromatic N) is 3. The number of hydrogen-bond acceptors (Lipinski definition) is 3. The molecule has 19 heavy (non-hydrogen) atoms. The third kappa shape index (κ3) is 3.30. The fraction of sp³-hybridized carbons (Fsp3) is 0.308. The van der Waals surface area contributed by atoms with Crippen molar-refractivity contribution >= 4 is 28.9 Å². The maximum Gasteiger partial charge on any atom is 0.218 e. The number of benzene rings is 1. The first kappa shape index (κ1) is 14.0. The van der Waals surface area contributed by atoms with E-state index in [9.17, 15) is 0 Å². The van der Waals surface area contributed by atoms with Crippen LogP contribution in [0.15, 0.2) is 41.1 Å². The van der Waals surface area contributed by atoms with E-state index in [1.807, 2.05) is 30.0 Å². The zero-order valence-electron chi connectivity index (χ0n) is 10.5. The van der Waals surface area contributed by atoms with E-state index in [1.165, 1.54) is 0 Å². The van der Waals surface area contributed by atoms with Gasteiger partial charge in [0, 0.05) is 6.54 Å². The smallest absolute Gasteiger partial charge is 0.218 e. The fourth-order valence-corrected chi connectivity index (χ4v) is 2.13. The summed E-state index contributed by atoms with van der Waals surface area (Å²) in [6.07, 6.45) is 1.54. The van der Waals surface area contributed by atoms with Crippen LogP contribution >= 0.6 is 23.8 Å². The quantitative estimate of drug-likeness (QED) is 0.615. The second kappa shape index (κ2) is 6.12. The molecule has 1 heterocycles. The van der Waals surface area contributed by atoms with Gasteiger partial charge in [0.2, 0.25) is 5.11 Å². The van der Waals surface area contributed by atoms with Crippen molar-refractivity contribution in [1.29, 1.82) is 0 Å². The maximum atomic E-state index is 6.07. The highest BCUT2D eigenvalue weighted by atomic mass is 35.5. The molecule has 1 aromatic rings. The number of azo groups is 1. The lowest BCUT2D eigenvalue weighted by molar-refractivity contribution is 0.220. The van der Waals surface area contributed by atoms with Crippen LogP contribution in [0.3, 0.4) is 0 Å². The van der Waals surface area contributed by atoms with Gasteiger partial charge in [-0.1, -0.05) is 23.7 Å². The van der Waals surface area contributed by atoms with Crippen molar-refractivity contribution in [3.63, 3.8) is 0 Å². The highest BCUT2D eigenvalue weighted by Crippen LogP contribution is 2.26. The standard InChI is InChI=1S/C13H14ClN3OS/c1-3-6-17-12(15-16-13(17)19)8-18-11-7-9(2)4-5-10(11)14/h3-5,7,12H,1,6,8H2,2H3. The third-order valence-corrected chi connectivity index (χ3v) is 3.31. The zero-order valence-corrected chi connectivity index (χ0v) is 12.1. The first-order valence-electron chi connectivity index (χ1n) is 5.83. The van der Waals surface area contributed by atoms with Crippen molar-refractivity contribution in [2.24, 2.45) is 10.2 Å². The van der Waals surface area contributed by atoms with E-state index in [2.05, 4.69) is 16.8 Å². The van der Waals surface area contributed by atoms with Crippen LogP contribution in [-0.4, -0.2) is 29.3 Å². The van der Waals surface area contributed by atoms with Gasteiger partial charge in [-0.25, -0.2) is 0 Å². The van der Waals surface area contributed by atoms with Crippen LogP contribution in [0.4, 0.5) is 0 Å². The summed E-state index contributed by atoms with van der Waals surface area (Å²) in [6, 6.07) is 5.64. The molecule has 0 bridgehead atoms. The molecule has 0 aliphatic carbocycles. The average Bonchev–Trinajstić information content (AvgIpc) is 2.73. The predicted molar refractivity (Wildman–Crippen MR) is 79.8 cm³/mol. The van der Waals surface area contributed by atoms with Crippen molar-refractivity contribution in [2.75, 3.05) is 13.2 Å². The number of aryl methyl sites for hydroxylation is 1. The average molecular weight is 296 g/mol. The number of halogens is 1. The molecule has 4 nitrogen and oxygen atoms in total. The van der Waals surface area contributed by atoms with E-state index in [0.29, 0.717) is 29.0 Å². The van der Waals surface area contributed by atoms with Crippen LogP contribution in [-0.2, 0) is 0 Å². The minimum absolute atomic E-state index is 0.220. The summed E-state index contributed by atoms with van der Waals surface area (Å²) in [6.45, 7) is 6.62. The number of ether oxygens (including phenoxy) is 1. The van der Waals surface area contributed by atoms with Gasteiger partial charge in [-0.05, 0) is 36.8 Å². The van der Waals surface area contributed by atoms with Crippen molar-refractivity contribution in [2.45, 2.75) is 13.1 Å². The first-order chi connectivity index (χ1) is 9.11. The van der Waals surface area contributed by atoms with Crippen LogP contribution in [0, 0.1) is 6.92 Å². The van der Waals surface area contributed by atoms with Crippen LogP contribution in [0.2, 0.25) is 5.02 Å². The lowest BCUT2D eigenvalue weighted by atomic mass is 10.2. The Kier molecular flexibility index (Phi) is 4.50. The number of rotatable bonds is 5. The summed E-state index contributed by atoms with van der Waals surface area (Å²) in [5.41, 5.74) is 1.09. The van der Waals surface area contributed by atoms with Crippen molar-refractivity contribution < 1.29 is 4.74 Å². The molecule has 2 rings (SSSR count). The zero-order chi connectivity index (χ0) is 13.8. The largest absolute Gasteiger partial charge is 0.488 e. The van der Waals surface area contributed by atoms with Crippen molar-refractivity contribution in [3.8, 4) is 5.75 Å². The van der Waals surface area contributed by atoms with Gasteiger partial charge in [0.15, 0.2) is 6.17 Å². The van der Waals surface area contributed by atoms with Crippen molar-refractivity contribution in [3.05, 3.63) is 41.4 Å². The molecule has 1 unspecified atom stereocenters. The summed E-state index contributed by atoms with van der Waals surface area (Å²) in [5, 5.41) is 9.01. The Bertz CT molecular complexity index is 533. The summed E-state index contributed by atoms with van der Waals surface area (Å²) in [5.74, 6) is 0.647. The maximum absolute atomic E-state index is 6.07. The highest BCUT2D eigenvalue weighted by molar-refractivity contribution is 7.80. The third-order valence-electron chi connectivity index (χ3n) is 2.68. The molecule has 0 radical (unpaired) electrons. The number of thiocarbonyl (C=S) groups is 1. The molecule has 0 fully saturated rings. The molecular weight excluding hydrogens is 282 g/mol. The number of hydrogen-bond donors (Lipinski definition) is 0. The Morgan fingerprint density at radius 3 is 3.11 bits per heavy atom. The van der Waals surface area contributed by atoms with E-state index in [0.717, 1.165) is 5.56 Å². The van der Waals surface area contributed by atoms with E-state index in [4.69, 9.17) is 28.6 Å². The van der Waals surface area contributed by atoms with Gasteiger partial charge < -0.3 is 9.64 Å². The van der Waals surface area contributed by atoms with E-state index >= 15 is 0 Å². The van der Waals surface area contributed by atoms with Crippen LogP contribution in [0.1, 0.15) is 5.56 Å². The van der Waals surface area contributed by atoms with Gasteiger partial charge in [0.1, 0.15) is 12.4 Å². The predicted octanol–water partition coefficient (Wildman–Crippen LogP) is 3.59. The SMILES string of the molecule is C=CCN1C(=S)N=NC1COc1cc(C)ccc1Cl. The molecule has 0 saturated heterocycles. The minimum Gasteiger partial charge on any atom is -0.488 e. The van der Waals surface area contributed by atoms with Gasteiger partial charge in [-0.2, -0.15) is 5.11 Å². The molecule has 0 spiro atoms. The van der Waals surface area contributed by atoms with Gasteiger partial charge in [-0.3, -0.25) is 0 Å². The molecule has 1 aromatic carbocycles. The summed E-state index contributed by atoms with van der Waals surface area (Å²) in [7, 11) is 0. The Balaban J connectivity index is 2.02. The molecule has 1 atom stereocenters. The molecule has 0 amide bonds. The summed E-state index contributed by atoms with van der Waals surface area (Å²) < 4.78 is 5.71. The summed E-state index contributed by atoms with van der Waals surface area (Å²) >= 11 is 11.2. The molecule has 1 aliphatic rings. The molecule has 0 aromatic heterocycles. The monoisotopic (exact) mass is 295 g/mol. The Labute approximate surface area is 122 Å². The molecule has 0 N–H and O–H groups in total. The van der Waals surface area contributed by atoms with Gasteiger partial charge in [0.25, 0.3) is 0 Å². The molecule has 100 valence electrons. The molecule has 1 aliphatic heterocycles.